The van der Waals surface area contributed by atoms with Crippen molar-refractivity contribution >= 4 is 28.2 Å². The number of guanidine groups is 1. The van der Waals surface area contributed by atoms with Gasteiger partial charge in [0.1, 0.15) is 0 Å². The fourth-order valence-corrected chi connectivity index (χ4v) is 3.63. The van der Waals surface area contributed by atoms with Gasteiger partial charge in [-0.15, -0.1) is 11.3 Å². The van der Waals surface area contributed by atoms with Crippen LogP contribution in [-0.4, -0.2) is 40.5 Å². The molecule has 138 valence electrons. The Morgan fingerprint density at radius 2 is 2.15 bits per heavy atom. The van der Waals surface area contributed by atoms with Gasteiger partial charge in [-0.3, -0.25) is 4.99 Å². The molecule has 1 aromatic carbocycles. The minimum atomic E-state index is 0.776. The molecular formula is C20H27N5S. The van der Waals surface area contributed by atoms with E-state index in [1.54, 1.807) is 11.3 Å². The molecule has 2 heterocycles. The first kappa shape index (κ1) is 18.5. The molecule has 0 spiro atoms. The maximum absolute atomic E-state index is 4.79. The molecule has 3 aromatic rings. The monoisotopic (exact) mass is 369 g/mol. The fraction of sp³-hybridized carbons (Fsp3) is 0.400. The molecule has 0 unspecified atom stereocenters. The Hall–Kier alpha value is -2.34. The van der Waals surface area contributed by atoms with E-state index in [9.17, 15) is 0 Å². The molecule has 0 aliphatic rings. The number of nitrogens with zero attached hydrogens (tertiary/aromatic N) is 4. The Bertz CT molecular complexity index is 864. The number of hydrogen-bond donors (Lipinski definition) is 1. The zero-order chi connectivity index (χ0) is 18.4. The van der Waals surface area contributed by atoms with Gasteiger partial charge in [-0.25, -0.2) is 4.98 Å². The molecule has 0 fully saturated rings. The molecule has 0 atom stereocenters. The number of aromatic nitrogens is 2. The van der Waals surface area contributed by atoms with Crippen LogP contribution in [0, 0.1) is 6.92 Å². The van der Waals surface area contributed by atoms with Gasteiger partial charge < -0.3 is 14.8 Å². The lowest BCUT2D eigenvalue weighted by molar-refractivity contribution is 0.470. The van der Waals surface area contributed by atoms with Crippen molar-refractivity contribution in [2.75, 3.05) is 20.1 Å². The summed E-state index contributed by atoms with van der Waals surface area (Å²) in [6.07, 6.45) is 3.17. The summed E-state index contributed by atoms with van der Waals surface area (Å²) in [5, 5.41) is 7.90. The largest absolute Gasteiger partial charge is 0.357 e. The van der Waals surface area contributed by atoms with Crippen molar-refractivity contribution in [2.45, 2.75) is 33.4 Å². The van der Waals surface area contributed by atoms with Crippen LogP contribution in [0.3, 0.4) is 0 Å². The van der Waals surface area contributed by atoms with Crippen molar-refractivity contribution in [1.82, 2.24) is 19.8 Å². The number of hydrogen-bond acceptors (Lipinski definition) is 3. The summed E-state index contributed by atoms with van der Waals surface area (Å²) in [5.74, 6) is 0.940. The van der Waals surface area contributed by atoms with Crippen molar-refractivity contribution in [3.05, 3.63) is 52.6 Å². The first-order chi connectivity index (χ1) is 12.7. The highest BCUT2D eigenvalue weighted by Gasteiger charge is 2.08. The minimum Gasteiger partial charge on any atom is -0.357 e. The maximum atomic E-state index is 4.79. The summed E-state index contributed by atoms with van der Waals surface area (Å²) in [6.45, 7) is 7.56. The third-order valence-electron chi connectivity index (χ3n) is 4.26. The smallest absolute Gasteiger partial charge is 0.194 e. The molecule has 6 heteroatoms. The van der Waals surface area contributed by atoms with Crippen LogP contribution >= 0.6 is 11.3 Å². The molecular weight excluding hydrogens is 342 g/mol. The number of para-hydroxylation sites is 1. The van der Waals surface area contributed by atoms with Crippen molar-refractivity contribution in [3.8, 4) is 0 Å². The average Bonchev–Trinajstić information content (AvgIpc) is 3.24. The van der Waals surface area contributed by atoms with Gasteiger partial charge in [0.25, 0.3) is 0 Å². The Kier molecular flexibility index (Phi) is 6.28. The number of aryl methyl sites for hydroxylation is 2. The van der Waals surface area contributed by atoms with Crippen LogP contribution in [0.2, 0.25) is 0 Å². The van der Waals surface area contributed by atoms with Crippen molar-refractivity contribution < 1.29 is 0 Å². The number of fused-ring (bicyclic) bond motifs is 1. The van der Waals surface area contributed by atoms with Crippen molar-refractivity contribution in [3.63, 3.8) is 0 Å². The molecule has 0 amide bonds. The fourth-order valence-electron chi connectivity index (χ4n) is 3.03. The average molecular weight is 370 g/mol. The van der Waals surface area contributed by atoms with Gasteiger partial charge in [-0.1, -0.05) is 18.2 Å². The number of aliphatic imine (C=N–C) groups is 1. The predicted octanol–water partition coefficient (Wildman–Crippen LogP) is 3.89. The van der Waals surface area contributed by atoms with Crippen LogP contribution in [0.4, 0.5) is 0 Å². The summed E-state index contributed by atoms with van der Waals surface area (Å²) in [4.78, 5) is 11.5. The van der Waals surface area contributed by atoms with Gasteiger partial charge in [-0.05, 0) is 37.8 Å². The Morgan fingerprint density at radius 3 is 2.92 bits per heavy atom. The molecule has 0 radical (unpaired) electrons. The highest BCUT2D eigenvalue weighted by atomic mass is 32.1. The zero-order valence-electron chi connectivity index (χ0n) is 15.8. The molecule has 0 saturated carbocycles. The first-order valence-electron chi connectivity index (χ1n) is 9.11. The number of thiazole rings is 1. The van der Waals surface area contributed by atoms with E-state index in [4.69, 9.17) is 4.99 Å². The molecule has 3 rings (SSSR count). The summed E-state index contributed by atoms with van der Waals surface area (Å²) < 4.78 is 2.31. The Labute approximate surface area is 159 Å². The molecule has 0 aliphatic heterocycles. The van der Waals surface area contributed by atoms with Crippen LogP contribution in [0.25, 0.3) is 10.9 Å². The van der Waals surface area contributed by atoms with Crippen molar-refractivity contribution in [1.29, 1.82) is 0 Å². The predicted molar refractivity (Wildman–Crippen MR) is 111 cm³/mol. The highest BCUT2D eigenvalue weighted by Crippen LogP contribution is 2.15. The molecule has 2 aromatic heterocycles. The van der Waals surface area contributed by atoms with Gasteiger partial charge >= 0.3 is 0 Å². The second-order valence-electron chi connectivity index (χ2n) is 6.37. The SMILES string of the molecule is CCNC(=NCCCn1ccc2ccccc21)N(C)Cc1csc(C)n1. The standard InChI is InChI=1S/C20H27N5S/c1-4-21-20(24(3)14-18-15-26-16(2)23-18)22-11-7-12-25-13-10-17-8-5-6-9-19(17)25/h5-6,8-10,13,15H,4,7,11-12,14H2,1-3H3,(H,21,22). The molecule has 0 aliphatic carbocycles. The van der Waals surface area contributed by atoms with Crippen LogP contribution in [0.1, 0.15) is 24.0 Å². The first-order valence-corrected chi connectivity index (χ1v) is 9.99. The van der Waals surface area contributed by atoms with E-state index in [-0.39, 0.29) is 0 Å². The van der Waals surface area contributed by atoms with Crippen molar-refractivity contribution in [2.24, 2.45) is 4.99 Å². The summed E-state index contributed by atoms with van der Waals surface area (Å²) in [5.41, 5.74) is 2.39. The van der Waals surface area contributed by atoms with Crippen LogP contribution in [0.15, 0.2) is 46.9 Å². The molecule has 1 N–H and O–H groups in total. The number of rotatable bonds is 7. The molecule has 0 saturated heterocycles. The maximum Gasteiger partial charge on any atom is 0.194 e. The van der Waals surface area contributed by atoms with E-state index < -0.39 is 0 Å². The highest BCUT2D eigenvalue weighted by molar-refractivity contribution is 7.09. The molecule has 26 heavy (non-hydrogen) atoms. The van der Waals surface area contributed by atoms with E-state index in [2.05, 4.69) is 75.6 Å². The minimum absolute atomic E-state index is 0.776. The van der Waals surface area contributed by atoms with E-state index >= 15 is 0 Å². The van der Waals surface area contributed by atoms with Crippen LogP contribution in [0.5, 0.6) is 0 Å². The quantitative estimate of drug-likeness (QED) is 0.390. The molecule has 5 nitrogen and oxygen atoms in total. The van der Waals surface area contributed by atoms with E-state index in [0.717, 1.165) is 49.3 Å². The lowest BCUT2D eigenvalue weighted by atomic mass is 10.2. The number of benzene rings is 1. The second kappa shape index (κ2) is 8.85. The van der Waals surface area contributed by atoms with E-state index in [0.29, 0.717) is 0 Å². The van der Waals surface area contributed by atoms with Gasteiger partial charge in [0.2, 0.25) is 0 Å². The van der Waals surface area contributed by atoms with Gasteiger partial charge in [-0.2, -0.15) is 0 Å². The van der Waals surface area contributed by atoms with Gasteiger partial charge in [0.05, 0.1) is 17.2 Å². The topological polar surface area (TPSA) is 45.5 Å². The summed E-state index contributed by atoms with van der Waals surface area (Å²) in [6, 6.07) is 10.7. The third-order valence-corrected chi connectivity index (χ3v) is 5.08. The van der Waals surface area contributed by atoms with E-state index in [1.165, 1.54) is 10.9 Å². The van der Waals surface area contributed by atoms with Crippen LogP contribution < -0.4 is 5.32 Å². The van der Waals surface area contributed by atoms with Gasteiger partial charge in [0.15, 0.2) is 5.96 Å². The van der Waals surface area contributed by atoms with E-state index in [1.807, 2.05) is 6.92 Å². The van der Waals surface area contributed by atoms with Crippen LogP contribution in [-0.2, 0) is 13.1 Å². The summed E-state index contributed by atoms with van der Waals surface area (Å²) >= 11 is 1.69. The second-order valence-corrected chi connectivity index (χ2v) is 7.43. The number of nitrogens with one attached hydrogen (secondary N) is 1. The van der Waals surface area contributed by atoms with Gasteiger partial charge in [0, 0.05) is 43.8 Å². The Balaban J connectivity index is 1.56. The molecule has 0 bridgehead atoms. The zero-order valence-corrected chi connectivity index (χ0v) is 16.6. The lowest BCUT2D eigenvalue weighted by Gasteiger charge is -2.21. The lowest BCUT2D eigenvalue weighted by Crippen LogP contribution is -2.38. The summed E-state index contributed by atoms with van der Waals surface area (Å²) in [7, 11) is 2.07. The Morgan fingerprint density at radius 1 is 1.31 bits per heavy atom. The third kappa shape index (κ3) is 4.64. The normalized spacial score (nSPS) is 11.9.